The normalized spacial score (nSPS) is 12.0. The fourth-order valence-electron chi connectivity index (χ4n) is 1.65. The predicted octanol–water partition coefficient (Wildman–Crippen LogP) is 3.93. The Bertz CT molecular complexity index is 549. The molecule has 0 saturated heterocycles. The zero-order chi connectivity index (χ0) is 11.9. The van der Waals surface area contributed by atoms with E-state index in [0.717, 1.165) is 10.9 Å². The van der Waals surface area contributed by atoms with Crippen LogP contribution in [0, 0.1) is 8.99 Å². The Kier molecular flexibility index (Phi) is 2.82. The number of benzene rings is 1. The van der Waals surface area contributed by atoms with Crippen LogP contribution in [0.2, 0.25) is 0 Å². The van der Waals surface area contributed by atoms with Crippen molar-refractivity contribution in [3.05, 3.63) is 34.0 Å². The number of hydrogen-bond acceptors (Lipinski definition) is 1. The van der Waals surface area contributed by atoms with E-state index in [0.29, 0.717) is 0 Å². The summed E-state index contributed by atoms with van der Waals surface area (Å²) in [5, 5.41) is 1.12. The minimum atomic E-state index is -0.352. The molecule has 0 saturated carbocycles. The predicted molar refractivity (Wildman–Crippen MR) is 74.7 cm³/mol. The van der Waals surface area contributed by atoms with Gasteiger partial charge in [0.15, 0.2) is 0 Å². The highest BCUT2D eigenvalue weighted by Crippen LogP contribution is 2.23. The SMILES string of the molecule is CC(C)(C)C(=O)n1ccc2cc(I)ccc21. The molecule has 0 aliphatic rings. The van der Waals surface area contributed by atoms with E-state index in [-0.39, 0.29) is 11.3 Å². The van der Waals surface area contributed by atoms with E-state index >= 15 is 0 Å². The average Bonchev–Trinajstić information content (AvgIpc) is 2.57. The fourth-order valence-corrected chi connectivity index (χ4v) is 2.17. The molecule has 84 valence electrons. The molecule has 0 atom stereocenters. The van der Waals surface area contributed by atoms with Gasteiger partial charge in [-0.3, -0.25) is 9.36 Å². The molecule has 0 spiro atoms. The van der Waals surface area contributed by atoms with Crippen LogP contribution in [0.25, 0.3) is 10.9 Å². The second-order valence-corrected chi connectivity index (χ2v) is 6.19. The van der Waals surface area contributed by atoms with E-state index in [9.17, 15) is 4.79 Å². The number of rotatable bonds is 0. The van der Waals surface area contributed by atoms with Gasteiger partial charge < -0.3 is 0 Å². The van der Waals surface area contributed by atoms with Gasteiger partial charge in [0, 0.05) is 20.6 Å². The highest BCUT2D eigenvalue weighted by atomic mass is 127. The summed E-state index contributed by atoms with van der Waals surface area (Å²) in [6.07, 6.45) is 1.86. The summed E-state index contributed by atoms with van der Waals surface area (Å²) in [5.41, 5.74) is 0.634. The van der Waals surface area contributed by atoms with Crippen LogP contribution in [0.4, 0.5) is 0 Å². The molecule has 1 aromatic heterocycles. The van der Waals surface area contributed by atoms with E-state index in [1.54, 1.807) is 4.57 Å². The van der Waals surface area contributed by atoms with E-state index in [1.165, 1.54) is 3.57 Å². The Morgan fingerprint density at radius 1 is 1.25 bits per heavy atom. The molecular weight excluding hydrogens is 313 g/mol. The molecule has 0 aliphatic heterocycles. The molecule has 0 radical (unpaired) electrons. The van der Waals surface area contributed by atoms with Gasteiger partial charge in [0.05, 0.1) is 5.52 Å². The lowest BCUT2D eigenvalue weighted by molar-refractivity contribution is 0.0772. The van der Waals surface area contributed by atoms with E-state index in [4.69, 9.17) is 0 Å². The lowest BCUT2D eigenvalue weighted by Crippen LogP contribution is -2.25. The maximum absolute atomic E-state index is 12.2. The first-order valence-electron chi connectivity index (χ1n) is 5.21. The van der Waals surface area contributed by atoms with E-state index in [2.05, 4.69) is 28.7 Å². The zero-order valence-corrected chi connectivity index (χ0v) is 11.8. The first-order valence-corrected chi connectivity index (χ1v) is 6.29. The van der Waals surface area contributed by atoms with Crippen LogP contribution in [-0.4, -0.2) is 10.5 Å². The molecule has 2 aromatic rings. The van der Waals surface area contributed by atoms with Crippen molar-refractivity contribution in [2.45, 2.75) is 20.8 Å². The summed E-state index contributed by atoms with van der Waals surface area (Å²) in [4.78, 5) is 12.2. The van der Waals surface area contributed by atoms with Gasteiger partial charge in [0.2, 0.25) is 5.91 Å². The largest absolute Gasteiger partial charge is 0.287 e. The molecule has 0 bridgehead atoms. The minimum Gasteiger partial charge on any atom is -0.287 e. The highest BCUT2D eigenvalue weighted by molar-refractivity contribution is 14.1. The van der Waals surface area contributed by atoms with Gasteiger partial charge in [0.1, 0.15) is 0 Å². The van der Waals surface area contributed by atoms with Crippen LogP contribution in [-0.2, 0) is 0 Å². The summed E-state index contributed by atoms with van der Waals surface area (Å²) >= 11 is 2.28. The Balaban J connectivity index is 2.59. The minimum absolute atomic E-state index is 0.128. The van der Waals surface area contributed by atoms with Crippen molar-refractivity contribution in [2.24, 2.45) is 5.41 Å². The number of halogens is 1. The van der Waals surface area contributed by atoms with Gasteiger partial charge in [-0.2, -0.15) is 0 Å². The second-order valence-electron chi connectivity index (χ2n) is 4.94. The van der Waals surface area contributed by atoms with Gasteiger partial charge in [0.25, 0.3) is 0 Å². The number of nitrogens with zero attached hydrogens (tertiary/aromatic N) is 1. The van der Waals surface area contributed by atoms with E-state index in [1.807, 2.05) is 45.2 Å². The molecule has 2 rings (SSSR count). The van der Waals surface area contributed by atoms with Gasteiger partial charge in [-0.05, 0) is 46.9 Å². The lowest BCUT2D eigenvalue weighted by Gasteiger charge is -2.17. The maximum Gasteiger partial charge on any atom is 0.236 e. The quantitative estimate of drug-likeness (QED) is 0.672. The first kappa shape index (κ1) is 11.6. The van der Waals surface area contributed by atoms with Crippen molar-refractivity contribution in [3.63, 3.8) is 0 Å². The van der Waals surface area contributed by atoms with Crippen molar-refractivity contribution >= 4 is 39.4 Å². The third-order valence-electron chi connectivity index (χ3n) is 2.51. The Labute approximate surface area is 109 Å². The Hall–Kier alpha value is -0.840. The van der Waals surface area contributed by atoms with Gasteiger partial charge in [-0.1, -0.05) is 20.8 Å². The van der Waals surface area contributed by atoms with Crippen molar-refractivity contribution in [3.8, 4) is 0 Å². The molecule has 0 fully saturated rings. The maximum atomic E-state index is 12.2. The second kappa shape index (κ2) is 3.87. The van der Waals surface area contributed by atoms with Crippen LogP contribution in [0.1, 0.15) is 25.6 Å². The summed E-state index contributed by atoms with van der Waals surface area (Å²) in [6, 6.07) is 8.10. The molecule has 0 aliphatic carbocycles. The number of fused-ring (bicyclic) bond motifs is 1. The van der Waals surface area contributed by atoms with Gasteiger partial charge in [-0.25, -0.2) is 0 Å². The number of carbonyl (C=O) groups is 1. The zero-order valence-electron chi connectivity index (χ0n) is 9.62. The highest BCUT2D eigenvalue weighted by Gasteiger charge is 2.23. The monoisotopic (exact) mass is 327 g/mol. The molecule has 0 amide bonds. The topological polar surface area (TPSA) is 22.0 Å². The molecule has 0 unspecified atom stereocenters. The molecule has 2 nitrogen and oxygen atoms in total. The summed E-state index contributed by atoms with van der Waals surface area (Å²) in [6.45, 7) is 5.82. The van der Waals surface area contributed by atoms with Crippen LogP contribution >= 0.6 is 22.6 Å². The van der Waals surface area contributed by atoms with E-state index < -0.39 is 0 Å². The molecule has 1 aromatic carbocycles. The Morgan fingerprint density at radius 3 is 2.56 bits per heavy atom. The summed E-state index contributed by atoms with van der Waals surface area (Å²) in [7, 11) is 0. The van der Waals surface area contributed by atoms with Crippen molar-refractivity contribution in [1.82, 2.24) is 4.57 Å². The number of aromatic nitrogens is 1. The third-order valence-corrected chi connectivity index (χ3v) is 3.18. The van der Waals surface area contributed by atoms with Crippen molar-refractivity contribution in [2.75, 3.05) is 0 Å². The van der Waals surface area contributed by atoms with Crippen molar-refractivity contribution in [1.29, 1.82) is 0 Å². The Morgan fingerprint density at radius 2 is 1.94 bits per heavy atom. The summed E-state index contributed by atoms with van der Waals surface area (Å²) in [5.74, 6) is 0.128. The molecule has 1 heterocycles. The van der Waals surface area contributed by atoms with Crippen LogP contribution in [0.5, 0.6) is 0 Å². The third kappa shape index (κ3) is 2.00. The van der Waals surface area contributed by atoms with Crippen molar-refractivity contribution < 1.29 is 4.79 Å². The summed E-state index contributed by atoms with van der Waals surface area (Å²) < 4.78 is 2.93. The molecular formula is C13H14INO. The average molecular weight is 327 g/mol. The standard InChI is InChI=1S/C13H14INO/c1-13(2,3)12(16)15-7-6-9-8-10(14)4-5-11(9)15/h4-8H,1-3H3. The molecule has 3 heteroatoms. The fraction of sp³-hybridized carbons (Fsp3) is 0.308. The van der Waals surface area contributed by atoms with Gasteiger partial charge >= 0.3 is 0 Å². The smallest absolute Gasteiger partial charge is 0.236 e. The van der Waals surface area contributed by atoms with Gasteiger partial charge in [-0.15, -0.1) is 0 Å². The van der Waals surface area contributed by atoms with Crippen LogP contribution in [0.3, 0.4) is 0 Å². The number of carbonyl (C=O) groups excluding carboxylic acids is 1. The van der Waals surface area contributed by atoms with Crippen LogP contribution < -0.4 is 0 Å². The molecule has 16 heavy (non-hydrogen) atoms. The number of hydrogen-bond donors (Lipinski definition) is 0. The first-order chi connectivity index (χ1) is 7.39. The molecule has 0 N–H and O–H groups in total. The van der Waals surface area contributed by atoms with Crippen LogP contribution in [0.15, 0.2) is 30.5 Å². The lowest BCUT2D eigenvalue weighted by atomic mass is 9.95.